The second-order valence-corrected chi connectivity index (χ2v) is 5.61. The van der Waals surface area contributed by atoms with Crippen molar-refractivity contribution in [2.45, 2.75) is 24.9 Å². The van der Waals surface area contributed by atoms with E-state index in [0.29, 0.717) is 18.4 Å². The highest BCUT2D eigenvalue weighted by molar-refractivity contribution is 5.95. The summed E-state index contributed by atoms with van der Waals surface area (Å²) in [6.07, 6.45) is -3.12. The molecule has 1 amide bonds. The van der Waals surface area contributed by atoms with E-state index in [-0.39, 0.29) is 5.92 Å². The molecule has 3 nitrogen and oxygen atoms in total. The van der Waals surface area contributed by atoms with Crippen LogP contribution in [0.25, 0.3) is 0 Å². The molecule has 23 heavy (non-hydrogen) atoms. The van der Waals surface area contributed by atoms with E-state index in [1.807, 2.05) is 6.07 Å². The standard InChI is InChI=1S/C17H14F3NO2/c18-17(19,20)13-6-4-10(5-7-13)12-8-11-2-1-3-14(15(11)9-12)16(22)21-23/h1-7,12,23H,8-9H2,(H,21,22). The molecule has 0 aromatic heterocycles. The Labute approximate surface area is 130 Å². The van der Waals surface area contributed by atoms with Crippen LogP contribution in [-0.2, 0) is 19.0 Å². The zero-order valence-electron chi connectivity index (χ0n) is 12.0. The summed E-state index contributed by atoms with van der Waals surface area (Å²) < 4.78 is 37.9. The summed E-state index contributed by atoms with van der Waals surface area (Å²) in [4.78, 5) is 11.7. The Morgan fingerprint density at radius 2 is 1.78 bits per heavy atom. The largest absolute Gasteiger partial charge is 0.416 e. The number of fused-ring (bicyclic) bond motifs is 1. The van der Waals surface area contributed by atoms with Crippen molar-refractivity contribution in [3.8, 4) is 0 Å². The molecule has 120 valence electrons. The first-order valence-corrected chi connectivity index (χ1v) is 7.12. The molecule has 1 unspecified atom stereocenters. The molecule has 1 aliphatic rings. The van der Waals surface area contributed by atoms with Gasteiger partial charge in [-0.25, -0.2) is 5.48 Å². The normalized spacial score (nSPS) is 17.0. The van der Waals surface area contributed by atoms with Crippen molar-refractivity contribution in [2.24, 2.45) is 0 Å². The maximum Gasteiger partial charge on any atom is 0.416 e. The van der Waals surface area contributed by atoms with Gasteiger partial charge in [0.2, 0.25) is 0 Å². The maximum atomic E-state index is 12.6. The highest BCUT2D eigenvalue weighted by Crippen LogP contribution is 2.37. The molecule has 2 N–H and O–H groups in total. The number of hydrogen-bond acceptors (Lipinski definition) is 2. The molecule has 0 aliphatic heterocycles. The van der Waals surface area contributed by atoms with Gasteiger partial charge in [0.25, 0.3) is 5.91 Å². The third-order valence-corrected chi connectivity index (χ3v) is 4.25. The molecule has 2 aromatic carbocycles. The lowest BCUT2D eigenvalue weighted by Crippen LogP contribution is -2.20. The van der Waals surface area contributed by atoms with Crippen molar-refractivity contribution < 1.29 is 23.2 Å². The first kappa shape index (κ1) is 15.6. The number of hydroxylamine groups is 1. The molecule has 0 bridgehead atoms. The summed E-state index contributed by atoms with van der Waals surface area (Å²) in [6.45, 7) is 0. The molecule has 2 aromatic rings. The number of carbonyl (C=O) groups is 1. The number of benzene rings is 2. The van der Waals surface area contributed by atoms with E-state index < -0.39 is 17.6 Å². The number of carbonyl (C=O) groups excluding carboxylic acids is 1. The van der Waals surface area contributed by atoms with Gasteiger partial charge in [0, 0.05) is 5.56 Å². The predicted octanol–water partition coefficient (Wildman–Crippen LogP) is 3.71. The van der Waals surface area contributed by atoms with E-state index in [1.165, 1.54) is 12.1 Å². The highest BCUT2D eigenvalue weighted by Gasteiger charge is 2.31. The van der Waals surface area contributed by atoms with E-state index in [9.17, 15) is 18.0 Å². The minimum Gasteiger partial charge on any atom is -0.288 e. The van der Waals surface area contributed by atoms with Gasteiger partial charge >= 0.3 is 6.18 Å². The maximum absolute atomic E-state index is 12.6. The van der Waals surface area contributed by atoms with Crippen LogP contribution >= 0.6 is 0 Å². The first-order chi connectivity index (χ1) is 10.9. The minimum atomic E-state index is -4.34. The van der Waals surface area contributed by atoms with Gasteiger partial charge in [-0.1, -0.05) is 24.3 Å². The molecular weight excluding hydrogens is 307 g/mol. The number of halogens is 3. The van der Waals surface area contributed by atoms with E-state index >= 15 is 0 Å². The van der Waals surface area contributed by atoms with Crippen LogP contribution in [0.4, 0.5) is 13.2 Å². The van der Waals surface area contributed by atoms with Gasteiger partial charge in [0.15, 0.2) is 0 Å². The Bertz CT molecular complexity index is 738. The van der Waals surface area contributed by atoms with Crippen LogP contribution in [0.15, 0.2) is 42.5 Å². The monoisotopic (exact) mass is 321 g/mol. The molecule has 3 rings (SSSR count). The summed E-state index contributed by atoms with van der Waals surface area (Å²) in [5, 5.41) is 8.80. The van der Waals surface area contributed by atoms with Crippen LogP contribution in [0, 0.1) is 0 Å². The zero-order chi connectivity index (χ0) is 16.6. The van der Waals surface area contributed by atoms with Crippen molar-refractivity contribution in [3.05, 3.63) is 70.3 Å². The fourth-order valence-electron chi connectivity index (χ4n) is 3.10. The van der Waals surface area contributed by atoms with Crippen LogP contribution in [-0.4, -0.2) is 11.1 Å². The fourth-order valence-corrected chi connectivity index (χ4v) is 3.10. The number of rotatable bonds is 2. The van der Waals surface area contributed by atoms with Gasteiger partial charge < -0.3 is 0 Å². The van der Waals surface area contributed by atoms with Gasteiger partial charge in [-0.2, -0.15) is 13.2 Å². The molecular formula is C17H14F3NO2. The summed E-state index contributed by atoms with van der Waals surface area (Å²) in [7, 11) is 0. The quantitative estimate of drug-likeness (QED) is 0.654. The summed E-state index contributed by atoms with van der Waals surface area (Å²) in [5.41, 5.74) is 3.99. The van der Waals surface area contributed by atoms with Crippen molar-refractivity contribution in [3.63, 3.8) is 0 Å². The van der Waals surface area contributed by atoms with Crippen LogP contribution in [0.1, 0.15) is 38.5 Å². The molecule has 1 atom stereocenters. The minimum absolute atomic E-state index is 0.0277. The average Bonchev–Trinajstić information content (AvgIpc) is 2.97. The second kappa shape index (κ2) is 5.70. The molecule has 6 heteroatoms. The van der Waals surface area contributed by atoms with Gasteiger partial charge in [-0.3, -0.25) is 10.0 Å². The lowest BCUT2D eigenvalue weighted by molar-refractivity contribution is -0.137. The average molecular weight is 321 g/mol. The Morgan fingerprint density at radius 3 is 2.39 bits per heavy atom. The SMILES string of the molecule is O=C(NO)c1cccc2c1CC(c1ccc(C(F)(F)F)cc1)C2. The molecule has 0 radical (unpaired) electrons. The lowest BCUT2D eigenvalue weighted by atomic mass is 9.95. The summed E-state index contributed by atoms with van der Waals surface area (Å²) >= 11 is 0. The van der Waals surface area contributed by atoms with E-state index in [1.54, 1.807) is 17.6 Å². The topological polar surface area (TPSA) is 49.3 Å². The van der Waals surface area contributed by atoms with Crippen LogP contribution in [0.5, 0.6) is 0 Å². The van der Waals surface area contributed by atoms with E-state index in [0.717, 1.165) is 28.8 Å². The smallest absolute Gasteiger partial charge is 0.288 e. The Balaban J connectivity index is 1.86. The van der Waals surface area contributed by atoms with Gasteiger partial charge in [-0.15, -0.1) is 0 Å². The van der Waals surface area contributed by atoms with Crippen molar-refractivity contribution in [1.82, 2.24) is 5.48 Å². The Kier molecular flexibility index (Phi) is 3.85. The third-order valence-electron chi connectivity index (χ3n) is 4.25. The summed E-state index contributed by atoms with van der Waals surface area (Å²) in [5.74, 6) is -0.546. The summed E-state index contributed by atoms with van der Waals surface area (Å²) in [6, 6.07) is 10.4. The van der Waals surface area contributed by atoms with E-state index in [4.69, 9.17) is 5.21 Å². The van der Waals surface area contributed by atoms with Crippen molar-refractivity contribution >= 4 is 5.91 Å². The van der Waals surface area contributed by atoms with Crippen LogP contribution < -0.4 is 5.48 Å². The molecule has 0 fully saturated rings. The van der Waals surface area contributed by atoms with Gasteiger partial charge in [0.1, 0.15) is 0 Å². The van der Waals surface area contributed by atoms with Gasteiger partial charge in [0.05, 0.1) is 5.56 Å². The molecule has 1 aliphatic carbocycles. The molecule has 0 saturated carbocycles. The zero-order valence-corrected chi connectivity index (χ0v) is 12.0. The Morgan fingerprint density at radius 1 is 1.09 bits per heavy atom. The molecule has 0 spiro atoms. The number of nitrogens with one attached hydrogen (secondary N) is 1. The number of hydrogen-bond donors (Lipinski definition) is 2. The van der Waals surface area contributed by atoms with Crippen LogP contribution in [0.2, 0.25) is 0 Å². The Hall–Kier alpha value is -2.34. The van der Waals surface area contributed by atoms with Crippen molar-refractivity contribution in [2.75, 3.05) is 0 Å². The predicted molar refractivity (Wildman–Crippen MR) is 77.3 cm³/mol. The first-order valence-electron chi connectivity index (χ1n) is 7.12. The number of alkyl halides is 3. The molecule has 0 saturated heterocycles. The second-order valence-electron chi connectivity index (χ2n) is 5.61. The van der Waals surface area contributed by atoms with E-state index in [2.05, 4.69) is 0 Å². The van der Waals surface area contributed by atoms with Gasteiger partial charge in [-0.05, 0) is 53.6 Å². The van der Waals surface area contributed by atoms with Crippen molar-refractivity contribution in [1.29, 1.82) is 0 Å². The van der Waals surface area contributed by atoms with Crippen LogP contribution in [0.3, 0.4) is 0 Å². The molecule has 0 heterocycles. The fraction of sp³-hybridized carbons (Fsp3) is 0.235. The third kappa shape index (κ3) is 2.94. The lowest BCUT2D eigenvalue weighted by Gasteiger charge is -2.12. The highest BCUT2D eigenvalue weighted by atomic mass is 19.4. The number of amides is 1.